The van der Waals surface area contributed by atoms with Crippen LogP contribution in [0.3, 0.4) is 0 Å². The van der Waals surface area contributed by atoms with Gasteiger partial charge in [0, 0.05) is 31.4 Å². The summed E-state index contributed by atoms with van der Waals surface area (Å²) >= 11 is 1.36. The zero-order valence-corrected chi connectivity index (χ0v) is 15.7. The van der Waals surface area contributed by atoms with E-state index in [-0.39, 0.29) is 12.1 Å². The number of carbonyl (C=O) groups excluding carboxylic acids is 1. The summed E-state index contributed by atoms with van der Waals surface area (Å²) in [6.07, 6.45) is 3.56. The molecule has 9 heteroatoms. The highest BCUT2D eigenvalue weighted by atomic mass is 32.1. The zero-order valence-electron chi connectivity index (χ0n) is 14.8. The van der Waals surface area contributed by atoms with Gasteiger partial charge in [0.05, 0.1) is 7.11 Å². The summed E-state index contributed by atoms with van der Waals surface area (Å²) in [5, 5.41) is 7.89. The average molecular weight is 385 g/mol. The van der Waals surface area contributed by atoms with E-state index >= 15 is 0 Å². The van der Waals surface area contributed by atoms with Gasteiger partial charge in [-0.2, -0.15) is 4.52 Å². The number of para-hydroxylation sites is 1. The Bertz CT molecular complexity index is 1040. The van der Waals surface area contributed by atoms with E-state index in [2.05, 4.69) is 20.3 Å². The van der Waals surface area contributed by atoms with Crippen molar-refractivity contribution < 1.29 is 9.53 Å². The van der Waals surface area contributed by atoms with Crippen LogP contribution in [0.15, 0.2) is 35.3 Å². The summed E-state index contributed by atoms with van der Waals surface area (Å²) in [5.41, 5.74) is 0.340. The number of hydrogen-bond donors (Lipinski definition) is 1. The van der Waals surface area contributed by atoms with Crippen molar-refractivity contribution in [2.24, 2.45) is 0 Å². The monoisotopic (exact) mass is 385 g/mol. The van der Waals surface area contributed by atoms with E-state index in [1.807, 2.05) is 24.3 Å². The first-order valence-electron chi connectivity index (χ1n) is 8.71. The summed E-state index contributed by atoms with van der Waals surface area (Å²) in [5.74, 6) is 0.196. The van der Waals surface area contributed by atoms with E-state index in [0.717, 1.165) is 36.6 Å². The Kier molecular flexibility index (Phi) is 4.76. The number of nitrogens with one attached hydrogen (secondary N) is 1. The van der Waals surface area contributed by atoms with Gasteiger partial charge in [0.1, 0.15) is 11.3 Å². The molecule has 1 amide bonds. The Balaban J connectivity index is 1.56. The van der Waals surface area contributed by atoms with Gasteiger partial charge in [-0.1, -0.05) is 29.5 Å². The Hall–Kier alpha value is -2.94. The Morgan fingerprint density at radius 2 is 2.07 bits per heavy atom. The highest BCUT2D eigenvalue weighted by molar-refractivity contribution is 7.20. The maximum Gasteiger partial charge on any atom is 0.288 e. The molecule has 0 atom stereocenters. The number of ether oxygens (including phenoxy) is 1. The molecule has 1 aliphatic heterocycles. The third-order valence-electron chi connectivity index (χ3n) is 4.53. The molecule has 140 valence electrons. The number of amides is 1. The molecule has 1 aromatic carbocycles. The van der Waals surface area contributed by atoms with E-state index < -0.39 is 11.5 Å². The van der Waals surface area contributed by atoms with Crippen LogP contribution in [-0.2, 0) is 6.54 Å². The highest BCUT2D eigenvalue weighted by Gasteiger charge is 2.20. The number of nitrogens with zero attached hydrogens (tertiary/aromatic N) is 4. The van der Waals surface area contributed by atoms with Crippen LogP contribution in [-0.4, -0.2) is 40.7 Å². The van der Waals surface area contributed by atoms with Gasteiger partial charge in [-0.05, 0) is 18.9 Å². The van der Waals surface area contributed by atoms with Gasteiger partial charge in [0.15, 0.2) is 0 Å². The van der Waals surface area contributed by atoms with E-state index in [9.17, 15) is 9.59 Å². The molecule has 27 heavy (non-hydrogen) atoms. The average Bonchev–Trinajstić information content (AvgIpc) is 3.36. The first-order chi connectivity index (χ1) is 13.2. The predicted octanol–water partition coefficient (Wildman–Crippen LogP) is 1.69. The predicted molar refractivity (Wildman–Crippen MR) is 103 cm³/mol. The van der Waals surface area contributed by atoms with Crippen LogP contribution >= 0.6 is 11.3 Å². The molecule has 0 radical (unpaired) electrons. The summed E-state index contributed by atoms with van der Waals surface area (Å²) in [6, 6.07) is 7.39. The van der Waals surface area contributed by atoms with Crippen molar-refractivity contribution in [3.63, 3.8) is 0 Å². The van der Waals surface area contributed by atoms with E-state index in [4.69, 9.17) is 4.74 Å². The molecule has 0 bridgehead atoms. The molecule has 1 fully saturated rings. The highest BCUT2D eigenvalue weighted by Crippen LogP contribution is 2.24. The molecule has 0 aliphatic carbocycles. The van der Waals surface area contributed by atoms with Crippen LogP contribution in [0.2, 0.25) is 0 Å². The molecule has 0 saturated carbocycles. The number of methoxy groups -OCH3 is 1. The Morgan fingerprint density at radius 3 is 2.85 bits per heavy atom. The van der Waals surface area contributed by atoms with Crippen LogP contribution in [0.4, 0.5) is 5.13 Å². The summed E-state index contributed by atoms with van der Waals surface area (Å²) < 4.78 is 6.49. The lowest BCUT2D eigenvalue weighted by Crippen LogP contribution is -2.31. The van der Waals surface area contributed by atoms with Crippen LogP contribution in [0.1, 0.15) is 28.8 Å². The number of carbonyl (C=O) groups is 1. The molecule has 0 spiro atoms. The van der Waals surface area contributed by atoms with E-state index in [1.165, 1.54) is 22.0 Å². The quantitative estimate of drug-likeness (QED) is 0.719. The van der Waals surface area contributed by atoms with Crippen molar-refractivity contribution in [3.8, 4) is 5.75 Å². The Labute approximate surface area is 159 Å². The number of benzene rings is 1. The molecular weight excluding hydrogens is 366 g/mol. The molecule has 8 nitrogen and oxygen atoms in total. The van der Waals surface area contributed by atoms with Gasteiger partial charge in [0.2, 0.25) is 10.1 Å². The lowest BCUT2D eigenvalue weighted by atomic mass is 10.2. The number of hydrogen-bond acceptors (Lipinski definition) is 7. The molecule has 3 heterocycles. The smallest absolute Gasteiger partial charge is 0.288 e. The lowest BCUT2D eigenvalue weighted by Gasteiger charge is -2.10. The van der Waals surface area contributed by atoms with Crippen molar-refractivity contribution in [1.82, 2.24) is 19.9 Å². The summed E-state index contributed by atoms with van der Waals surface area (Å²) in [6.45, 7) is 2.11. The topological polar surface area (TPSA) is 88.8 Å². The minimum absolute atomic E-state index is 0.0272. The third-order valence-corrected chi connectivity index (χ3v) is 5.51. The van der Waals surface area contributed by atoms with Gasteiger partial charge < -0.3 is 15.0 Å². The standard InChI is InChI=1S/C18H19N5O3S/c1-26-14-7-3-2-6-12(14)10-19-15(24)13-11-20-17-23(16(13)25)21-18(27-17)22-8-4-5-9-22/h2-3,6-7,11H,4-5,8-10H2,1H3,(H,19,24). The van der Waals surface area contributed by atoms with Crippen molar-refractivity contribution in [2.45, 2.75) is 19.4 Å². The maximum absolute atomic E-state index is 12.7. The number of anilines is 1. The van der Waals surface area contributed by atoms with Gasteiger partial charge in [0.25, 0.3) is 11.5 Å². The van der Waals surface area contributed by atoms with Gasteiger partial charge in [-0.3, -0.25) is 9.59 Å². The Morgan fingerprint density at radius 1 is 1.30 bits per heavy atom. The largest absolute Gasteiger partial charge is 0.496 e. The van der Waals surface area contributed by atoms with E-state index in [0.29, 0.717) is 10.7 Å². The molecular formula is C18H19N5O3S. The first kappa shape index (κ1) is 17.5. The van der Waals surface area contributed by atoms with Crippen molar-refractivity contribution in [2.75, 3.05) is 25.1 Å². The normalized spacial score (nSPS) is 13.9. The molecule has 1 N–H and O–H groups in total. The van der Waals surface area contributed by atoms with Crippen LogP contribution in [0, 0.1) is 0 Å². The fraction of sp³-hybridized carbons (Fsp3) is 0.333. The molecule has 4 rings (SSSR count). The molecule has 3 aromatic rings. The molecule has 1 saturated heterocycles. The summed E-state index contributed by atoms with van der Waals surface area (Å²) in [4.78, 5) is 32.1. The van der Waals surface area contributed by atoms with Crippen molar-refractivity contribution in [3.05, 3.63) is 51.9 Å². The SMILES string of the molecule is COc1ccccc1CNC(=O)c1cnc2sc(N3CCCC3)nn2c1=O. The van der Waals surface area contributed by atoms with Gasteiger partial charge >= 0.3 is 0 Å². The van der Waals surface area contributed by atoms with Crippen LogP contribution in [0.5, 0.6) is 5.75 Å². The van der Waals surface area contributed by atoms with Crippen molar-refractivity contribution >= 4 is 27.3 Å². The molecule has 1 aliphatic rings. The molecule has 0 unspecified atom stereocenters. The zero-order chi connectivity index (χ0) is 18.8. The number of aromatic nitrogens is 3. The van der Waals surface area contributed by atoms with Crippen molar-refractivity contribution in [1.29, 1.82) is 0 Å². The fourth-order valence-corrected chi connectivity index (χ4v) is 4.00. The second kappa shape index (κ2) is 7.36. The fourth-order valence-electron chi connectivity index (χ4n) is 3.09. The second-order valence-corrected chi connectivity index (χ2v) is 7.18. The number of rotatable bonds is 5. The lowest BCUT2D eigenvalue weighted by molar-refractivity contribution is 0.0948. The number of fused-ring (bicyclic) bond motifs is 1. The third kappa shape index (κ3) is 3.37. The second-order valence-electron chi connectivity index (χ2n) is 6.24. The van der Waals surface area contributed by atoms with Gasteiger partial charge in [-0.15, -0.1) is 5.10 Å². The van der Waals surface area contributed by atoms with Crippen LogP contribution in [0.25, 0.3) is 4.96 Å². The summed E-state index contributed by atoms with van der Waals surface area (Å²) in [7, 11) is 1.57. The van der Waals surface area contributed by atoms with E-state index in [1.54, 1.807) is 7.11 Å². The maximum atomic E-state index is 12.7. The molecule has 2 aromatic heterocycles. The van der Waals surface area contributed by atoms with Crippen LogP contribution < -0.4 is 20.5 Å². The van der Waals surface area contributed by atoms with Gasteiger partial charge in [-0.25, -0.2) is 4.98 Å². The first-order valence-corrected chi connectivity index (χ1v) is 9.53. The minimum atomic E-state index is -0.483. The minimum Gasteiger partial charge on any atom is -0.496 e.